The second-order valence-corrected chi connectivity index (χ2v) is 7.29. The van der Waals surface area contributed by atoms with Gasteiger partial charge in [0.1, 0.15) is 0 Å². The zero-order valence-corrected chi connectivity index (χ0v) is 16.0. The van der Waals surface area contributed by atoms with Crippen molar-refractivity contribution < 1.29 is 32.3 Å². The van der Waals surface area contributed by atoms with Crippen molar-refractivity contribution in [3.63, 3.8) is 0 Å². The van der Waals surface area contributed by atoms with Crippen LogP contribution in [-0.2, 0) is 4.79 Å². The van der Waals surface area contributed by atoms with Crippen LogP contribution in [0.15, 0.2) is 41.3 Å². The first kappa shape index (κ1) is 21.6. The van der Waals surface area contributed by atoms with Crippen LogP contribution in [0.2, 0.25) is 0 Å². The van der Waals surface area contributed by atoms with Crippen LogP contribution in [0.5, 0.6) is 0 Å². The number of hydrogen-bond donors (Lipinski definition) is 1. The molecule has 2 aromatic heterocycles. The van der Waals surface area contributed by atoms with Gasteiger partial charge in [-0.25, -0.2) is 14.8 Å². The van der Waals surface area contributed by atoms with Crippen molar-refractivity contribution >= 4 is 17.8 Å². The summed E-state index contributed by atoms with van der Waals surface area (Å²) in [6.45, 7) is 3.57. The third-order valence-electron chi connectivity index (χ3n) is 5.36. The van der Waals surface area contributed by atoms with Gasteiger partial charge in [-0.2, -0.15) is 13.2 Å². The number of carboxylic acid groups (broad SMARTS) is 1. The fraction of sp³-hybridized carbons (Fsp3) is 0.474. The van der Waals surface area contributed by atoms with E-state index in [2.05, 4.69) is 14.9 Å². The maximum atomic E-state index is 12.4. The fourth-order valence-electron chi connectivity index (χ4n) is 3.71. The van der Waals surface area contributed by atoms with Gasteiger partial charge in [0, 0.05) is 38.6 Å². The minimum absolute atomic E-state index is 0.00564. The molecule has 0 saturated carbocycles. The van der Waals surface area contributed by atoms with Crippen LogP contribution >= 0.6 is 0 Å². The number of likely N-dealkylation sites (tertiary alicyclic amines) is 1. The number of rotatable bonds is 2. The van der Waals surface area contributed by atoms with Crippen LogP contribution in [-0.4, -0.2) is 64.2 Å². The lowest BCUT2D eigenvalue weighted by atomic mass is 9.78. The monoisotopic (exact) mass is 426 g/mol. The quantitative estimate of drug-likeness (QED) is 0.788. The van der Waals surface area contributed by atoms with Crippen LogP contribution < -0.4 is 4.90 Å². The highest BCUT2D eigenvalue weighted by Gasteiger charge is 2.42. The molecule has 2 aliphatic heterocycles. The van der Waals surface area contributed by atoms with E-state index in [1.165, 1.54) is 0 Å². The molecule has 2 fully saturated rings. The Labute approximate surface area is 170 Å². The van der Waals surface area contributed by atoms with E-state index in [9.17, 15) is 18.0 Å². The summed E-state index contributed by atoms with van der Waals surface area (Å²) in [7, 11) is 0. The number of aliphatic carboxylic acids is 1. The maximum Gasteiger partial charge on any atom is 0.490 e. The first-order valence-electron chi connectivity index (χ1n) is 9.35. The number of carbonyl (C=O) groups is 2. The predicted octanol–water partition coefficient (Wildman–Crippen LogP) is 2.84. The highest BCUT2D eigenvalue weighted by molar-refractivity contribution is 5.91. The molecule has 2 aliphatic rings. The van der Waals surface area contributed by atoms with E-state index in [-0.39, 0.29) is 5.91 Å². The zero-order chi connectivity index (χ0) is 21.8. The molecule has 4 rings (SSSR count). The summed E-state index contributed by atoms with van der Waals surface area (Å²) in [4.78, 5) is 34.1. The number of anilines is 1. The molecule has 0 aliphatic carbocycles. The number of piperidine rings is 1. The van der Waals surface area contributed by atoms with Gasteiger partial charge in [0.25, 0.3) is 5.91 Å². The summed E-state index contributed by atoms with van der Waals surface area (Å²) < 4.78 is 37.0. The van der Waals surface area contributed by atoms with E-state index in [4.69, 9.17) is 14.3 Å². The van der Waals surface area contributed by atoms with Crippen LogP contribution in [0.3, 0.4) is 0 Å². The summed E-state index contributed by atoms with van der Waals surface area (Å²) >= 11 is 0. The predicted molar refractivity (Wildman–Crippen MR) is 98.8 cm³/mol. The molecule has 0 aromatic carbocycles. The van der Waals surface area contributed by atoms with Crippen molar-refractivity contribution in [3.05, 3.63) is 42.6 Å². The Balaban J connectivity index is 0.000000318. The number of alkyl halides is 3. The average molecular weight is 426 g/mol. The largest absolute Gasteiger partial charge is 0.490 e. The number of nitrogens with zero attached hydrogens (tertiary/aromatic N) is 4. The lowest BCUT2D eigenvalue weighted by Crippen LogP contribution is -2.44. The highest BCUT2D eigenvalue weighted by atomic mass is 19.4. The van der Waals surface area contributed by atoms with E-state index in [0.29, 0.717) is 11.2 Å². The van der Waals surface area contributed by atoms with Gasteiger partial charge >= 0.3 is 12.1 Å². The van der Waals surface area contributed by atoms with Crippen molar-refractivity contribution in [2.45, 2.75) is 25.4 Å². The molecule has 0 radical (unpaired) electrons. The number of aromatic nitrogens is 2. The summed E-state index contributed by atoms with van der Waals surface area (Å²) in [6.07, 6.45) is 3.25. The van der Waals surface area contributed by atoms with Crippen LogP contribution in [0.25, 0.3) is 0 Å². The number of furan rings is 1. The molecule has 8 nitrogen and oxygen atoms in total. The molecule has 162 valence electrons. The molecule has 1 amide bonds. The molecule has 2 aromatic rings. The lowest BCUT2D eigenvalue weighted by molar-refractivity contribution is -0.192. The normalized spacial score (nSPS) is 18.1. The second kappa shape index (κ2) is 8.72. The first-order valence-corrected chi connectivity index (χ1v) is 9.35. The minimum atomic E-state index is -5.08. The van der Waals surface area contributed by atoms with E-state index >= 15 is 0 Å². The van der Waals surface area contributed by atoms with E-state index < -0.39 is 12.1 Å². The van der Waals surface area contributed by atoms with Gasteiger partial charge in [0.2, 0.25) is 5.95 Å². The minimum Gasteiger partial charge on any atom is -0.475 e. The standard InChI is InChI=1S/C17H20N4O2.C2HF3O2/c22-15(14-3-1-12-23-14)20-9-4-17(5-10-20)6-11-21(13-17)16-18-7-2-8-19-16;3-2(4,5)1(6)7/h1-3,7-8,12H,4-6,9-11,13H2;(H,6,7). The smallest absolute Gasteiger partial charge is 0.475 e. The molecular formula is C19H21F3N4O4. The van der Waals surface area contributed by atoms with E-state index in [1.807, 2.05) is 11.0 Å². The summed E-state index contributed by atoms with van der Waals surface area (Å²) in [5.41, 5.74) is 0.291. The number of amides is 1. The van der Waals surface area contributed by atoms with Gasteiger partial charge < -0.3 is 19.3 Å². The van der Waals surface area contributed by atoms with Gasteiger partial charge in [0.15, 0.2) is 5.76 Å². The second-order valence-electron chi connectivity index (χ2n) is 7.29. The SMILES string of the molecule is O=C(O)C(F)(F)F.O=C(c1ccco1)N1CCC2(CC1)CCN(c1ncccn1)C2. The Morgan fingerprint density at radius 3 is 2.20 bits per heavy atom. The van der Waals surface area contributed by atoms with Gasteiger partial charge in [0.05, 0.1) is 6.26 Å². The van der Waals surface area contributed by atoms with E-state index in [0.717, 1.165) is 51.4 Å². The maximum absolute atomic E-state index is 12.4. The molecule has 0 bridgehead atoms. The van der Waals surface area contributed by atoms with Crippen molar-refractivity contribution in [1.29, 1.82) is 0 Å². The van der Waals surface area contributed by atoms with Gasteiger partial charge in [-0.1, -0.05) is 0 Å². The van der Waals surface area contributed by atoms with Crippen LogP contribution in [0, 0.1) is 5.41 Å². The topological polar surface area (TPSA) is 99.8 Å². The van der Waals surface area contributed by atoms with Crippen LogP contribution in [0.4, 0.5) is 19.1 Å². The summed E-state index contributed by atoms with van der Waals surface area (Å²) in [6, 6.07) is 5.33. The van der Waals surface area contributed by atoms with Crippen molar-refractivity contribution in [1.82, 2.24) is 14.9 Å². The zero-order valence-electron chi connectivity index (χ0n) is 16.0. The summed E-state index contributed by atoms with van der Waals surface area (Å²) in [5.74, 6) is -1.50. The number of hydrogen-bond acceptors (Lipinski definition) is 6. The molecule has 0 unspecified atom stereocenters. The number of halogens is 3. The Morgan fingerprint density at radius 2 is 1.67 bits per heavy atom. The molecule has 4 heterocycles. The molecule has 30 heavy (non-hydrogen) atoms. The third-order valence-corrected chi connectivity index (χ3v) is 5.36. The highest BCUT2D eigenvalue weighted by Crippen LogP contribution is 2.41. The Kier molecular flexibility index (Phi) is 6.28. The first-order chi connectivity index (χ1) is 14.2. The van der Waals surface area contributed by atoms with Gasteiger partial charge in [-0.15, -0.1) is 0 Å². The molecule has 1 spiro atoms. The Hall–Kier alpha value is -3.11. The number of carbonyl (C=O) groups excluding carboxylic acids is 1. The van der Waals surface area contributed by atoms with Crippen molar-refractivity contribution in [2.24, 2.45) is 5.41 Å². The van der Waals surface area contributed by atoms with Crippen LogP contribution in [0.1, 0.15) is 29.8 Å². The summed E-state index contributed by atoms with van der Waals surface area (Å²) in [5, 5.41) is 7.12. The number of carboxylic acids is 1. The van der Waals surface area contributed by atoms with Gasteiger partial charge in [-0.05, 0) is 42.9 Å². The molecular weight excluding hydrogens is 405 g/mol. The average Bonchev–Trinajstić information content (AvgIpc) is 3.39. The molecule has 2 saturated heterocycles. The molecule has 0 atom stereocenters. The lowest BCUT2D eigenvalue weighted by Gasteiger charge is -2.38. The molecule has 1 N–H and O–H groups in total. The van der Waals surface area contributed by atoms with Gasteiger partial charge in [-0.3, -0.25) is 4.79 Å². The molecule has 11 heteroatoms. The Morgan fingerprint density at radius 1 is 1.07 bits per heavy atom. The third kappa shape index (κ3) is 5.08. The van der Waals surface area contributed by atoms with Crippen molar-refractivity contribution in [3.8, 4) is 0 Å². The Bertz CT molecular complexity index is 850. The van der Waals surface area contributed by atoms with E-state index in [1.54, 1.807) is 30.8 Å². The van der Waals surface area contributed by atoms with Crippen molar-refractivity contribution in [2.75, 3.05) is 31.1 Å². The fourth-order valence-corrected chi connectivity index (χ4v) is 3.71.